The van der Waals surface area contributed by atoms with Crippen LogP contribution >= 0.6 is 0 Å². The van der Waals surface area contributed by atoms with Gasteiger partial charge in [-0.25, -0.2) is 0 Å². The number of aromatic nitrogens is 1. The van der Waals surface area contributed by atoms with Gasteiger partial charge >= 0.3 is 0 Å². The lowest BCUT2D eigenvalue weighted by Gasteiger charge is -2.38. The first kappa shape index (κ1) is 13.8. The molecule has 1 aliphatic heterocycles. The van der Waals surface area contributed by atoms with Gasteiger partial charge < -0.3 is 4.90 Å². The number of hydrogen-bond donors (Lipinski definition) is 0. The predicted molar refractivity (Wildman–Crippen MR) is 77.3 cm³/mol. The van der Waals surface area contributed by atoms with Gasteiger partial charge in [0.05, 0.1) is 16.9 Å². The lowest BCUT2D eigenvalue weighted by molar-refractivity contribution is 0.209. The van der Waals surface area contributed by atoms with E-state index in [1.807, 2.05) is 19.9 Å². The standard InChI is InChI=1S/C15H22N4/c1-11(2)18-5-7-19(8-6-18)15-9-12(3)17-13(4)14(15)10-16/h9,11H,5-8H2,1-4H3. The molecule has 0 N–H and O–H groups in total. The normalized spacial score (nSPS) is 16.7. The number of hydrogen-bond acceptors (Lipinski definition) is 4. The van der Waals surface area contributed by atoms with Gasteiger partial charge in [-0.1, -0.05) is 0 Å². The molecule has 4 nitrogen and oxygen atoms in total. The number of nitriles is 1. The van der Waals surface area contributed by atoms with E-state index in [-0.39, 0.29) is 0 Å². The van der Waals surface area contributed by atoms with E-state index >= 15 is 0 Å². The van der Waals surface area contributed by atoms with Gasteiger partial charge in [0.2, 0.25) is 0 Å². The minimum Gasteiger partial charge on any atom is -0.368 e. The molecule has 1 aliphatic rings. The highest BCUT2D eigenvalue weighted by Crippen LogP contribution is 2.24. The van der Waals surface area contributed by atoms with Crippen LogP contribution in [0.4, 0.5) is 5.69 Å². The maximum atomic E-state index is 9.33. The van der Waals surface area contributed by atoms with E-state index in [0.29, 0.717) is 6.04 Å². The molecule has 0 aliphatic carbocycles. The molecule has 102 valence electrons. The van der Waals surface area contributed by atoms with Gasteiger partial charge in [-0.3, -0.25) is 9.88 Å². The summed E-state index contributed by atoms with van der Waals surface area (Å²) >= 11 is 0. The van der Waals surface area contributed by atoms with Crippen molar-refractivity contribution in [1.29, 1.82) is 5.26 Å². The third-order valence-corrected chi connectivity index (χ3v) is 3.80. The molecule has 1 fully saturated rings. The number of anilines is 1. The maximum absolute atomic E-state index is 9.33. The van der Waals surface area contributed by atoms with E-state index < -0.39 is 0 Å². The lowest BCUT2D eigenvalue weighted by atomic mass is 10.1. The molecule has 1 aromatic heterocycles. The Hall–Kier alpha value is -1.60. The molecule has 0 amide bonds. The SMILES string of the molecule is Cc1cc(N2CCN(C(C)C)CC2)c(C#N)c(C)n1. The summed E-state index contributed by atoms with van der Waals surface area (Å²) in [7, 11) is 0. The highest BCUT2D eigenvalue weighted by atomic mass is 15.3. The molecular weight excluding hydrogens is 236 g/mol. The van der Waals surface area contributed by atoms with Crippen molar-refractivity contribution in [2.24, 2.45) is 0 Å². The molecule has 4 heteroatoms. The quantitative estimate of drug-likeness (QED) is 0.815. The summed E-state index contributed by atoms with van der Waals surface area (Å²) in [6, 6.07) is 4.94. The molecule has 0 radical (unpaired) electrons. The third-order valence-electron chi connectivity index (χ3n) is 3.80. The van der Waals surface area contributed by atoms with E-state index in [1.165, 1.54) is 0 Å². The van der Waals surface area contributed by atoms with Gasteiger partial charge in [0.1, 0.15) is 6.07 Å². The molecule has 0 spiro atoms. The van der Waals surface area contributed by atoms with Gasteiger partial charge in [-0.15, -0.1) is 0 Å². The van der Waals surface area contributed by atoms with Crippen LogP contribution in [0, 0.1) is 25.2 Å². The summed E-state index contributed by atoms with van der Waals surface area (Å²) in [6.45, 7) is 12.5. The average molecular weight is 258 g/mol. The van der Waals surface area contributed by atoms with Gasteiger partial charge in [-0.2, -0.15) is 5.26 Å². The molecule has 0 saturated carbocycles. The fourth-order valence-electron chi connectivity index (χ4n) is 2.67. The highest BCUT2D eigenvalue weighted by molar-refractivity contribution is 5.61. The smallest absolute Gasteiger partial charge is 0.103 e. The van der Waals surface area contributed by atoms with Gasteiger partial charge in [0, 0.05) is 37.9 Å². The Balaban J connectivity index is 2.22. The second-order valence-electron chi connectivity index (χ2n) is 5.47. The van der Waals surface area contributed by atoms with Crippen LogP contribution < -0.4 is 4.90 Å². The van der Waals surface area contributed by atoms with Gasteiger partial charge in [-0.05, 0) is 33.8 Å². The maximum Gasteiger partial charge on any atom is 0.103 e. The zero-order valence-electron chi connectivity index (χ0n) is 12.3. The summed E-state index contributed by atoms with van der Waals surface area (Å²) < 4.78 is 0. The molecule has 0 bridgehead atoms. The summed E-state index contributed by atoms with van der Waals surface area (Å²) in [5.41, 5.74) is 3.60. The molecule has 0 atom stereocenters. The Labute approximate surface area is 115 Å². The summed E-state index contributed by atoms with van der Waals surface area (Å²) in [6.07, 6.45) is 0. The van der Waals surface area contributed by atoms with Crippen LogP contribution in [0.25, 0.3) is 0 Å². The molecule has 1 aromatic rings. The van der Waals surface area contributed by atoms with E-state index in [4.69, 9.17) is 0 Å². The number of pyridine rings is 1. The number of piperazine rings is 1. The van der Waals surface area contributed by atoms with Crippen LogP contribution in [0.15, 0.2) is 6.07 Å². The largest absolute Gasteiger partial charge is 0.368 e. The minimum atomic E-state index is 0.596. The molecule has 1 saturated heterocycles. The van der Waals surface area contributed by atoms with Gasteiger partial charge in [0.15, 0.2) is 0 Å². The Morgan fingerprint density at radius 2 is 1.84 bits per heavy atom. The zero-order valence-corrected chi connectivity index (χ0v) is 12.3. The molecular formula is C15H22N4. The molecule has 2 heterocycles. The van der Waals surface area contributed by atoms with Crippen molar-refractivity contribution in [2.45, 2.75) is 33.7 Å². The predicted octanol–water partition coefficient (Wildman–Crippen LogP) is 2.10. The summed E-state index contributed by atoms with van der Waals surface area (Å²) in [5, 5.41) is 9.33. The van der Waals surface area contributed by atoms with Crippen LogP contribution in [0.1, 0.15) is 30.8 Å². The van der Waals surface area contributed by atoms with Crippen molar-refractivity contribution in [3.05, 3.63) is 23.0 Å². The molecule has 19 heavy (non-hydrogen) atoms. The van der Waals surface area contributed by atoms with Gasteiger partial charge in [0.25, 0.3) is 0 Å². The minimum absolute atomic E-state index is 0.596. The van der Waals surface area contributed by atoms with Crippen LogP contribution in [-0.2, 0) is 0 Å². The summed E-state index contributed by atoms with van der Waals surface area (Å²) in [4.78, 5) is 9.18. The molecule has 2 rings (SSSR count). The van der Waals surface area contributed by atoms with E-state index in [2.05, 4.69) is 34.7 Å². The van der Waals surface area contributed by atoms with Crippen molar-refractivity contribution >= 4 is 5.69 Å². The first-order valence-electron chi connectivity index (χ1n) is 6.90. The monoisotopic (exact) mass is 258 g/mol. The van der Waals surface area contributed by atoms with Crippen molar-refractivity contribution in [3.8, 4) is 6.07 Å². The Morgan fingerprint density at radius 3 is 2.37 bits per heavy atom. The van der Waals surface area contributed by atoms with Crippen LogP contribution in [0.3, 0.4) is 0 Å². The van der Waals surface area contributed by atoms with Crippen LogP contribution in [0.5, 0.6) is 0 Å². The Morgan fingerprint density at radius 1 is 1.21 bits per heavy atom. The number of nitrogens with zero attached hydrogens (tertiary/aromatic N) is 4. The topological polar surface area (TPSA) is 43.2 Å². The average Bonchev–Trinajstić information content (AvgIpc) is 2.38. The van der Waals surface area contributed by atoms with E-state index in [1.54, 1.807) is 0 Å². The van der Waals surface area contributed by atoms with Crippen LogP contribution in [-0.4, -0.2) is 42.1 Å². The Kier molecular flexibility index (Phi) is 4.06. The first-order chi connectivity index (χ1) is 9.02. The number of rotatable bonds is 2. The van der Waals surface area contributed by atoms with E-state index in [9.17, 15) is 5.26 Å². The molecule has 0 unspecified atom stereocenters. The third kappa shape index (κ3) is 2.87. The second-order valence-corrected chi connectivity index (χ2v) is 5.47. The van der Waals surface area contributed by atoms with Crippen LogP contribution in [0.2, 0.25) is 0 Å². The van der Waals surface area contributed by atoms with Crippen molar-refractivity contribution in [1.82, 2.24) is 9.88 Å². The Bertz CT molecular complexity index is 494. The fraction of sp³-hybridized carbons (Fsp3) is 0.600. The summed E-state index contributed by atoms with van der Waals surface area (Å²) in [5.74, 6) is 0. The fourth-order valence-corrected chi connectivity index (χ4v) is 2.67. The van der Waals surface area contributed by atoms with E-state index in [0.717, 1.165) is 48.8 Å². The zero-order chi connectivity index (χ0) is 14.0. The lowest BCUT2D eigenvalue weighted by Crippen LogP contribution is -2.49. The van der Waals surface area contributed by atoms with Crippen molar-refractivity contribution < 1.29 is 0 Å². The van der Waals surface area contributed by atoms with Crippen molar-refractivity contribution in [2.75, 3.05) is 31.1 Å². The first-order valence-corrected chi connectivity index (χ1v) is 6.90. The van der Waals surface area contributed by atoms with Crippen molar-refractivity contribution in [3.63, 3.8) is 0 Å². The second kappa shape index (κ2) is 5.58. The number of aryl methyl sites for hydroxylation is 2. The highest BCUT2D eigenvalue weighted by Gasteiger charge is 2.21. The molecule has 0 aromatic carbocycles.